The van der Waals surface area contributed by atoms with Gasteiger partial charge in [0.2, 0.25) is 0 Å². The summed E-state index contributed by atoms with van der Waals surface area (Å²) >= 11 is 1.24. The van der Waals surface area contributed by atoms with Crippen LogP contribution in [0.2, 0.25) is 0 Å². The Kier molecular flexibility index (Phi) is 9.05. The van der Waals surface area contributed by atoms with E-state index in [1.165, 1.54) is 17.5 Å². The van der Waals surface area contributed by atoms with Crippen LogP contribution in [0.15, 0.2) is 53.7 Å². The molecule has 2 aliphatic heterocycles. The topological polar surface area (TPSA) is 83.0 Å². The van der Waals surface area contributed by atoms with Crippen molar-refractivity contribution in [2.45, 2.75) is 110 Å². The molecule has 1 fully saturated rings. The van der Waals surface area contributed by atoms with Crippen molar-refractivity contribution < 1.29 is 4.79 Å². The molecule has 0 saturated carbocycles. The summed E-state index contributed by atoms with van der Waals surface area (Å²) in [5.41, 5.74) is 3.95. The molecule has 4 bridgehead atoms. The van der Waals surface area contributed by atoms with Crippen LogP contribution in [0.3, 0.4) is 0 Å². The van der Waals surface area contributed by atoms with Gasteiger partial charge in [0.05, 0.1) is 17.3 Å². The first-order valence-corrected chi connectivity index (χ1v) is 16.9. The summed E-state index contributed by atoms with van der Waals surface area (Å²) in [4.78, 5) is 31.0. The van der Waals surface area contributed by atoms with Crippen molar-refractivity contribution in [2.24, 2.45) is 17.3 Å². The van der Waals surface area contributed by atoms with Crippen LogP contribution < -0.4 is 14.9 Å². The van der Waals surface area contributed by atoms with Gasteiger partial charge in [0.15, 0.2) is 0 Å². The maximum absolute atomic E-state index is 13.7. The zero-order valence-corrected chi connectivity index (χ0v) is 28.8. The van der Waals surface area contributed by atoms with Gasteiger partial charge in [-0.05, 0) is 98.7 Å². The smallest absolute Gasteiger partial charge is 0.265 e. The molecule has 3 aromatic rings. The van der Waals surface area contributed by atoms with Gasteiger partial charge >= 0.3 is 0 Å². The number of amides is 1. The zero-order chi connectivity index (χ0) is 31.9. The van der Waals surface area contributed by atoms with E-state index in [2.05, 4.69) is 89.4 Å². The maximum atomic E-state index is 13.7. The van der Waals surface area contributed by atoms with E-state index in [1.54, 1.807) is 0 Å². The summed E-state index contributed by atoms with van der Waals surface area (Å²) in [5, 5.41) is 4.46. The van der Waals surface area contributed by atoms with Crippen LogP contribution in [0.5, 0.6) is 0 Å². The summed E-state index contributed by atoms with van der Waals surface area (Å²) in [6.45, 7) is 21.2. The van der Waals surface area contributed by atoms with Crippen molar-refractivity contribution in [3.8, 4) is 0 Å². The predicted molar refractivity (Wildman–Crippen MR) is 182 cm³/mol. The molecule has 1 unspecified atom stereocenters. The fraction of sp³-hybridized carbons (Fsp3) is 0.556. The molecule has 2 aliphatic rings. The van der Waals surface area contributed by atoms with Gasteiger partial charge in [-0.1, -0.05) is 54.5 Å². The molecule has 0 spiro atoms. The molecule has 1 amide bonds. The summed E-state index contributed by atoms with van der Waals surface area (Å²) in [5.74, 6) is 2.21. The molecular formula is C36H50N6OS. The largest absolute Gasteiger partial charge is 0.362 e. The molecule has 8 heteroatoms. The second-order valence-corrected chi connectivity index (χ2v) is 16.5. The van der Waals surface area contributed by atoms with Gasteiger partial charge < -0.3 is 10.2 Å². The number of nitrogens with zero attached hydrogens (tertiary/aromatic N) is 4. The highest BCUT2D eigenvalue weighted by molar-refractivity contribution is 7.97. The molecule has 5 heterocycles. The first kappa shape index (κ1) is 32.3. The number of carbonyl (C=O) groups excluding carboxylic acids is 1. The molecule has 1 saturated heterocycles. The highest BCUT2D eigenvalue weighted by atomic mass is 32.2. The van der Waals surface area contributed by atoms with Crippen molar-refractivity contribution >= 4 is 29.5 Å². The Morgan fingerprint density at radius 3 is 2.55 bits per heavy atom. The lowest BCUT2D eigenvalue weighted by atomic mass is 9.83. The summed E-state index contributed by atoms with van der Waals surface area (Å²) in [6.07, 6.45) is 6.05. The number of aryl methyl sites for hydroxylation is 1. The zero-order valence-electron chi connectivity index (χ0n) is 28.0. The molecule has 0 aliphatic carbocycles. The van der Waals surface area contributed by atoms with E-state index in [1.807, 2.05) is 36.5 Å². The van der Waals surface area contributed by atoms with Gasteiger partial charge in [-0.25, -0.2) is 9.97 Å². The number of rotatable bonds is 3. The van der Waals surface area contributed by atoms with E-state index >= 15 is 0 Å². The summed E-state index contributed by atoms with van der Waals surface area (Å²) in [7, 11) is 0. The number of hydrogen-bond donors (Lipinski definition) is 2. The molecule has 3 aromatic heterocycles. The first-order chi connectivity index (χ1) is 20.6. The highest BCUT2D eigenvalue weighted by Crippen LogP contribution is 2.43. The van der Waals surface area contributed by atoms with E-state index in [0.717, 1.165) is 60.3 Å². The molecule has 5 rings (SSSR count). The van der Waals surface area contributed by atoms with Crippen molar-refractivity contribution in [1.82, 2.24) is 19.7 Å². The predicted octanol–water partition coefficient (Wildman–Crippen LogP) is 8.38. The first-order valence-electron chi connectivity index (χ1n) is 16.0. The van der Waals surface area contributed by atoms with Gasteiger partial charge in [-0.2, -0.15) is 0 Å². The Balaban J connectivity index is 1.54. The van der Waals surface area contributed by atoms with Crippen LogP contribution in [-0.2, 0) is 11.8 Å². The second kappa shape index (κ2) is 12.3. The molecule has 3 atom stereocenters. The summed E-state index contributed by atoms with van der Waals surface area (Å²) < 4.78 is 3.05. The average molecular weight is 615 g/mol. The van der Waals surface area contributed by atoms with Crippen LogP contribution in [0.1, 0.15) is 115 Å². The SMILES string of the molecule is C[C@H]1CC(c2cc(CCC(C)(C)C)ccn2)Nc2cccc(n2)SNC(=O)c2ccc(C(C)(C)C)nc2N2C[C@@H]1CC2(C)C. The number of aromatic nitrogens is 3. The lowest BCUT2D eigenvalue weighted by molar-refractivity contribution is 0.0984. The van der Waals surface area contributed by atoms with E-state index in [4.69, 9.17) is 15.0 Å². The lowest BCUT2D eigenvalue weighted by Gasteiger charge is -2.34. The standard InChI is InChI=1S/C36H50N6OS/c1-23-19-28(27-20-24(16-18-37-27)15-17-34(2,3)4)38-30-11-10-12-31(40-30)44-41-33(43)26-13-14-29(35(5,6)7)39-32(26)42-22-25(23)21-36(42,8)9/h10-14,16,18,20,23,25,28H,15,17,19,21-22H2,1-9H3,(H,38,40)(H,41,43)/t23-,25-,28?/m0/s1. The number of carbonyl (C=O) groups is 1. The van der Waals surface area contributed by atoms with Crippen LogP contribution in [0.25, 0.3) is 0 Å². The van der Waals surface area contributed by atoms with Crippen molar-refractivity contribution in [3.63, 3.8) is 0 Å². The fourth-order valence-corrected chi connectivity index (χ4v) is 6.96. The van der Waals surface area contributed by atoms with Crippen LogP contribution in [0.4, 0.5) is 11.6 Å². The van der Waals surface area contributed by atoms with Gasteiger partial charge in [0, 0.05) is 41.3 Å². The fourth-order valence-electron chi connectivity index (χ4n) is 6.36. The molecule has 236 valence electrons. The Hall–Kier alpha value is -3.13. The van der Waals surface area contributed by atoms with Crippen LogP contribution >= 0.6 is 11.9 Å². The normalized spacial score (nSPS) is 22.3. The average Bonchev–Trinajstić information content (AvgIpc) is 3.28. The molecule has 7 nitrogen and oxygen atoms in total. The van der Waals surface area contributed by atoms with Crippen LogP contribution in [-0.4, -0.2) is 32.9 Å². The Bertz CT molecular complexity index is 1490. The third-order valence-electron chi connectivity index (χ3n) is 9.13. The van der Waals surface area contributed by atoms with E-state index in [-0.39, 0.29) is 28.3 Å². The second-order valence-electron chi connectivity index (χ2n) is 15.7. The third-order valence-corrected chi connectivity index (χ3v) is 9.85. The minimum absolute atomic E-state index is 0.00197. The molecular weight excluding hydrogens is 565 g/mol. The van der Waals surface area contributed by atoms with Gasteiger partial charge in [-0.15, -0.1) is 0 Å². The minimum Gasteiger partial charge on any atom is -0.362 e. The van der Waals surface area contributed by atoms with E-state index in [0.29, 0.717) is 17.4 Å². The quantitative estimate of drug-likeness (QED) is 0.287. The van der Waals surface area contributed by atoms with Crippen molar-refractivity contribution in [1.29, 1.82) is 0 Å². The number of nitrogens with one attached hydrogen (secondary N) is 2. The molecule has 0 radical (unpaired) electrons. The number of hydrogen-bond acceptors (Lipinski definition) is 7. The molecule has 44 heavy (non-hydrogen) atoms. The molecule has 0 aromatic carbocycles. The van der Waals surface area contributed by atoms with Crippen molar-refractivity contribution in [2.75, 3.05) is 16.8 Å². The van der Waals surface area contributed by atoms with Gasteiger partial charge in [0.1, 0.15) is 16.7 Å². The number of pyridine rings is 3. The highest BCUT2D eigenvalue weighted by Gasteiger charge is 2.43. The van der Waals surface area contributed by atoms with E-state index in [9.17, 15) is 4.79 Å². The van der Waals surface area contributed by atoms with Gasteiger partial charge in [-0.3, -0.25) is 14.5 Å². The Morgan fingerprint density at radius 2 is 1.82 bits per heavy atom. The van der Waals surface area contributed by atoms with E-state index < -0.39 is 0 Å². The van der Waals surface area contributed by atoms with Crippen LogP contribution in [0, 0.1) is 17.3 Å². The number of anilines is 2. The third kappa shape index (κ3) is 7.56. The summed E-state index contributed by atoms with van der Waals surface area (Å²) in [6, 6.07) is 14.3. The minimum atomic E-state index is -0.158. The van der Waals surface area contributed by atoms with Crippen molar-refractivity contribution in [3.05, 3.63) is 71.2 Å². The van der Waals surface area contributed by atoms with Gasteiger partial charge in [0.25, 0.3) is 5.91 Å². The Morgan fingerprint density at radius 1 is 1.05 bits per heavy atom. The number of fused-ring (bicyclic) bond motifs is 6. The maximum Gasteiger partial charge on any atom is 0.265 e. The monoisotopic (exact) mass is 614 g/mol. The molecule has 2 N–H and O–H groups in total. The Labute approximate surface area is 268 Å². The lowest BCUT2D eigenvalue weighted by Crippen LogP contribution is -2.40.